The molecule has 1 N–H and O–H groups in total. The van der Waals surface area contributed by atoms with E-state index in [9.17, 15) is 14.7 Å². The largest absolute Gasteiger partial charge is 0.390 e. The highest BCUT2D eigenvalue weighted by Crippen LogP contribution is 2.35. The van der Waals surface area contributed by atoms with Crippen LogP contribution in [0.3, 0.4) is 0 Å². The van der Waals surface area contributed by atoms with Crippen LogP contribution in [0.5, 0.6) is 0 Å². The van der Waals surface area contributed by atoms with E-state index >= 15 is 0 Å². The van der Waals surface area contributed by atoms with E-state index in [1.165, 1.54) is 4.90 Å². The minimum Gasteiger partial charge on any atom is -0.390 e. The molecule has 0 aliphatic carbocycles. The lowest BCUT2D eigenvalue weighted by Gasteiger charge is -2.29. The van der Waals surface area contributed by atoms with Crippen LogP contribution in [-0.4, -0.2) is 52.5 Å². The van der Waals surface area contributed by atoms with Crippen LogP contribution in [0.15, 0.2) is 24.3 Å². The Labute approximate surface area is 140 Å². The highest BCUT2D eigenvalue weighted by Gasteiger charge is 2.33. The number of carbonyl (C=O) groups excluding carboxylic acids is 2. The van der Waals surface area contributed by atoms with Crippen molar-refractivity contribution in [3.8, 4) is 0 Å². The standard InChI is InChI=1S/C17H21ClN2O3/c18-14-5-2-1-4-13(14)15-6-3-9-19(15)10-12(21)11-20-16(22)7-8-17(20)23/h1-2,4-5,12,15,21H,3,6-11H2/t12-,15-/m0/s1. The maximum Gasteiger partial charge on any atom is 0.229 e. The molecule has 0 radical (unpaired) electrons. The van der Waals surface area contributed by atoms with Crippen molar-refractivity contribution >= 4 is 23.4 Å². The van der Waals surface area contributed by atoms with Crippen LogP contribution in [0.1, 0.15) is 37.3 Å². The number of rotatable bonds is 5. The Bertz CT molecular complexity index is 591. The molecule has 5 nitrogen and oxygen atoms in total. The molecule has 2 saturated heterocycles. The molecule has 23 heavy (non-hydrogen) atoms. The van der Waals surface area contributed by atoms with E-state index in [-0.39, 0.29) is 37.2 Å². The van der Waals surface area contributed by atoms with Crippen molar-refractivity contribution < 1.29 is 14.7 Å². The van der Waals surface area contributed by atoms with Gasteiger partial charge >= 0.3 is 0 Å². The number of amides is 2. The van der Waals surface area contributed by atoms with E-state index in [1.807, 2.05) is 24.3 Å². The molecule has 1 aromatic rings. The second-order valence-electron chi connectivity index (χ2n) is 6.23. The molecule has 2 aliphatic rings. The van der Waals surface area contributed by atoms with Gasteiger partial charge < -0.3 is 5.11 Å². The molecule has 2 fully saturated rings. The molecule has 0 bridgehead atoms. The fraction of sp³-hybridized carbons (Fsp3) is 0.529. The van der Waals surface area contributed by atoms with E-state index in [2.05, 4.69) is 4.90 Å². The van der Waals surface area contributed by atoms with Crippen LogP contribution in [0.25, 0.3) is 0 Å². The first-order valence-corrected chi connectivity index (χ1v) is 8.44. The quantitative estimate of drug-likeness (QED) is 0.835. The van der Waals surface area contributed by atoms with E-state index in [0.717, 1.165) is 30.0 Å². The molecule has 0 unspecified atom stereocenters. The van der Waals surface area contributed by atoms with Gasteiger partial charge in [-0.05, 0) is 31.0 Å². The molecular formula is C17H21ClN2O3. The monoisotopic (exact) mass is 336 g/mol. The average Bonchev–Trinajstić information content (AvgIpc) is 3.09. The molecule has 2 atom stereocenters. The van der Waals surface area contributed by atoms with E-state index in [1.54, 1.807) is 0 Å². The van der Waals surface area contributed by atoms with Gasteiger partial charge in [0.15, 0.2) is 0 Å². The van der Waals surface area contributed by atoms with Crippen molar-refractivity contribution in [3.05, 3.63) is 34.9 Å². The lowest BCUT2D eigenvalue weighted by Crippen LogP contribution is -2.42. The Morgan fingerprint density at radius 2 is 1.87 bits per heavy atom. The van der Waals surface area contributed by atoms with Gasteiger partial charge in [-0.15, -0.1) is 0 Å². The lowest BCUT2D eigenvalue weighted by atomic mass is 10.0. The van der Waals surface area contributed by atoms with Crippen molar-refractivity contribution in [1.29, 1.82) is 0 Å². The first kappa shape index (κ1) is 16.4. The third-order valence-electron chi connectivity index (χ3n) is 4.62. The van der Waals surface area contributed by atoms with Gasteiger partial charge in [0, 0.05) is 30.5 Å². The maximum atomic E-state index is 11.7. The number of aliphatic hydroxyl groups is 1. The first-order valence-electron chi connectivity index (χ1n) is 8.06. The maximum absolute atomic E-state index is 11.7. The van der Waals surface area contributed by atoms with Crippen LogP contribution < -0.4 is 0 Å². The first-order chi connectivity index (χ1) is 11.1. The highest BCUT2D eigenvalue weighted by atomic mass is 35.5. The summed E-state index contributed by atoms with van der Waals surface area (Å²) in [5.41, 5.74) is 1.08. The number of β-amino-alcohol motifs (C(OH)–C–C–N with tert-alkyl or cyclic N) is 1. The van der Waals surface area contributed by atoms with Crippen LogP contribution >= 0.6 is 11.6 Å². The van der Waals surface area contributed by atoms with Crippen molar-refractivity contribution in [2.75, 3.05) is 19.6 Å². The summed E-state index contributed by atoms with van der Waals surface area (Å²) in [6.07, 6.45) is 1.83. The number of likely N-dealkylation sites (tertiary alicyclic amines) is 2. The Hall–Kier alpha value is -1.43. The summed E-state index contributed by atoms with van der Waals surface area (Å²) >= 11 is 6.30. The molecule has 2 aliphatic heterocycles. The minimum atomic E-state index is -0.732. The normalized spacial score (nSPS) is 23.7. The molecule has 0 spiro atoms. The van der Waals surface area contributed by atoms with E-state index < -0.39 is 6.10 Å². The predicted octanol–water partition coefficient (Wildman–Crippen LogP) is 1.99. The van der Waals surface area contributed by atoms with Crippen molar-refractivity contribution in [2.24, 2.45) is 0 Å². The predicted molar refractivity (Wildman–Crippen MR) is 87.0 cm³/mol. The average molecular weight is 337 g/mol. The van der Waals surface area contributed by atoms with Gasteiger partial charge in [0.2, 0.25) is 11.8 Å². The molecular weight excluding hydrogens is 316 g/mol. The summed E-state index contributed by atoms with van der Waals surface area (Å²) in [5.74, 6) is -0.365. The zero-order chi connectivity index (χ0) is 16.4. The number of hydrogen-bond donors (Lipinski definition) is 1. The van der Waals surface area contributed by atoms with Crippen molar-refractivity contribution in [3.63, 3.8) is 0 Å². The fourth-order valence-electron chi connectivity index (χ4n) is 3.51. The van der Waals surface area contributed by atoms with Gasteiger partial charge in [-0.3, -0.25) is 19.4 Å². The van der Waals surface area contributed by atoms with Crippen molar-refractivity contribution in [1.82, 2.24) is 9.80 Å². The Morgan fingerprint density at radius 1 is 1.17 bits per heavy atom. The minimum absolute atomic E-state index is 0.0867. The van der Waals surface area contributed by atoms with Crippen LogP contribution in [0.2, 0.25) is 5.02 Å². The summed E-state index contributed by atoms with van der Waals surface area (Å²) in [5, 5.41) is 11.1. The number of hydrogen-bond acceptors (Lipinski definition) is 4. The highest BCUT2D eigenvalue weighted by molar-refractivity contribution is 6.31. The Morgan fingerprint density at radius 3 is 2.57 bits per heavy atom. The Kier molecular flexibility index (Phi) is 4.99. The number of aliphatic hydroxyl groups excluding tert-OH is 1. The van der Waals surface area contributed by atoms with Crippen LogP contribution in [0, 0.1) is 0 Å². The summed E-state index contributed by atoms with van der Waals surface area (Å²) in [4.78, 5) is 26.7. The smallest absolute Gasteiger partial charge is 0.229 e. The molecule has 0 aromatic heterocycles. The van der Waals surface area contributed by atoms with Gasteiger partial charge in [0.05, 0.1) is 12.6 Å². The molecule has 124 valence electrons. The van der Waals surface area contributed by atoms with E-state index in [0.29, 0.717) is 6.54 Å². The molecule has 0 saturated carbocycles. The van der Waals surface area contributed by atoms with Gasteiger partial charge in [-0.1, -0.05) is 29.8 Å². The molecule has 2 amide bonds. The molecule has 3 rings (SSSR count). The van der Waals surface area contributed by atoms with Crippen LogP contribution in [0.4, 0.5) is 0 Å². The molecule has 6 heteroatoms. The topological polar surface area (TPSA) is 60.9 Å². The van der Waals surface area contributed by atoms with Crippen molar-refractivity contribution in [2.45, 2.75) is 37.8 Å². The second-order valence-corrected chi connectivity index (χ2v) is 6.63. The van der Waals surface area contributed by atoms with Gasteiger partial charge in [0.1, 0.15) is 0 Å². The number of imide groups is 1. The zero-order valence-electron chi connectivity index (χ0n) is 12.9. The van der Waals surface area contributed by atoms with E-state index in [4.69, 9.17) is 11.6 Å². The summed E-state index contributed by atoms with van der Waals surface area (Å²) in [7, 11) is 0. The third kappa shape index (κ3) is 3.57. The fourth-order valence-corrected chi connectivity index (χ4v) is 3.77. The molecule has 2 heterocycles. The third-order valence-corrected chi connectivity index (χ3v) is 4.97. The van der Waals surface area contributed by atoms with Gasteiger partial charge in [-0.25, -0.2) is 0 Å². The number of benzene rings is 1. The van der Waals surface area contributed by atoms with Crippen LogP contribution in [-0.2, 0) is 9.59 Å². The Balaban J connectivity index is 1.63. The summed E-state index contributed by atoms with van der Waals surface area (Å²) in [6, 6.07) is 7.96. The second kappa shape index (κ2) is 6.99. The lowest BCUT2D eigenvalue weighted by molar-refractivity contribution is -0.140. The summed E-state index contributed by atoms with van der Waals surface area (Å²) < 4.78 is 0. The zero-order valence-corrected chi connectivity index (χ0v) is 13.7. The van der Waals surface area contributed by atoms with Gasteiger partial charge in [0.25, 0.3) is 0 Å². The summed E-state index contributed by atoms with van der Waals surface area (Å²) in [6.45, 7) is 1.41. The number of nitrogens with zero attached hydrogens (tertiary/aromatic N) is 2. The molecule has 1 aromatic carbocycles. The number of halogens is 1. The van der Waals surface area contributed by atoms with Gasteiger partial charge in [-0.2, -0.15) is 0 Å². The number of carbonyl (C=O) groups is 2. The SMILES string of the molecule is O=C1CCC(=O)N1C[C@@H](O)CN1CCC[C@H]1c1ccccc1Cl.